The Morgan fingerprint density at radius 1 is 1.07 bits per heavy atom. The van der Waals surface area contributed by atoms with E-state index in [2.05, 4.69) is 10.2 Å². The van der Waals surface area contributed by atoms with Gasteiger partial charge in [-0.15, -0.1) is 0 Å². The zero-order valence-corrected chi connectivity index (χ0v) is 16.0. The number of rotatable bonds is 6. The number of carbonyl (C=O) groups is 1. The maximum atomic E-state index is 13.1. The molecule has 7 heteroatoms. The molecule has 6 nitrogen and oxygen atoms in total. The maximum Gasteiger partial charge on any atom is 0.256 e. The average Bonchev–Trinajstić information content (AvgIpc) is 2.64. The number of nitrogens with zero attached hydrogens (tertiary/aromatic N) is 2. The molecule has 1 amide bonds. The van der Waals surface area contributed by atoms with Crippen LogP contribution in [0.25, 0.3) is 0 Å². The number of benzene rings is 1. The van der Waals surface area contributed by atoms with Crippen molar-refractivity contribution in [3.63, 3.8) is 0 Å². The quantitative estimate of drug-likeness (QED) is 0.679. The fraction of sp³-hybridized carbons (Fsp3) is 0.650. The number of carbonyl (C=O) groups excluding carboxylic acids is 1. The third-order valence-corrected chi connectivity index (χ3v) is 5.78. The van der Waals surface area contributed by atoms with Gasteiger partial charge in [0.1, 0.15) is 5.82 Å². The number of halogens is 1. The molecule has 0 aliphatic carbocycles. The highest BCUT2D eigenvalue weighted by Gasteiger charge is 2.42. The fourth-order valence-electron chi connectivity index (χ4n) is 3.90. The second-order valence-corrected chi connectivity index (χ2v) is 8.12. The van der Waals surface area contributed by atoms with Crippen molar-refractivity contribution in [3.05, 3.63) is 35.6 Å². The van der Waals surface area contributed by atoms with Crippen LogP contribution in [0.5, 0.6) is 0 Å². The molecule has 3 N–H and O–H groups in total. The normalized spacial score (nSPS) is 26.4. The Morgan fingerprint density at radius 2 is 1.74 bits per heavy atom. The Hall–Kier alpha value is -1.54. The first-order valence-corrected chi connectivity index (χ1v) is 9.68. The van der Waals surface area contributed by atoms with Crippen molar-refractivity contribution in [2.45, 2.75) is 43.4 Å². The summed E-state index contributed by atoms with van der Waals surface area (Å²) >= 11 is 0. The van der Waals surface area contributed by atoms with Crippen molar-refractivity contribution in [1.82, 2.24) is 15.1 Å². The van der Waals surface area contributed by atoms with Crippen molar-refractivity contribution < 1.29 is 19.4 Å². The summed E-state index contributed by atoms with van der Waals surface area (Å²) in [5.41, 5.74) is -1.41. The Morgan fingerprint density at radius 3 is 2.41 bits per heavy atom. The first-order chi connectivity index (χ1) is 12.8. The first kappa shape index (κ1) is 20.2. The zero-order chi connectivity index (χ0) is 19.5. The standard InChI is InChI=1S/C20H30FN3O3/c1-23-11-8-19(26,9-12-23)14-22-15-20(27)7-2-10-24(18(20)25)13-16-3-5-17(21)6-4-16/h3-6,22,26-27H,2,7-15H2,1H3. The van der Waals surface area contributed by atoms with Crippen LogP contribution in [0.15, 0.2) is 24.3 Å². The summed E-state index contributed by atoms with van der Waals surface area (Å²) in [6.45, 7) is 3.12. The molecule has 2 heterocycles. The Balaban J connectivity index is 1.54. The molecular weight excluding hydrogens is 349 g/mol. The summed E-state index contributed by atoms with van der Waals surface area (Å²) < 4.78 is 13.1. The van der Waals surface area contributed by atoms with Gasteiger partial charge in [-0.25, -0.2) is 4.39 Å². The van der Waals surface area contributed by atoms with Crippen molar-refractivity contribution >= 4 is 5.91 Å². The topological polar surface area (TPSA) is 76.0 Å². The van der Waals surface area contributed by atoms with Crippen molar-refractivity contribution in [2.24, 2.45) is 0 Å². The second kappa shape index (κ2) is 8.22. The van der Waals surface area contributed by atoms with Crippen LogP contribution in [-0.2, 0) is 11.3 Å². The average molecular weight is 379 g/mol. The van der Waals surface area contributed by atoms with Crippen LogP contribution in [-0.4, -0.2) is 76.9 Å². The van der Waals surface area contributed by atoms with E-state index < -0.39 is 11.2 Å². The SMILES string of the molecule is CN1CCC(O)(CNCC2(O)CCCN(Cc3ccc(F)cc3)C2=O)CC1. The van der Waals surface area contributed by atoms with Gasteiger partial charge in [0.05, 0.1) is 5.60 Å². The maximum absolute atomic E-state index is 13.1. The van der Waals surface area contributed by atoms with Crippen LogP contribution in [0.4, 0.5) is 4.39 Å². The van der Waals surface area contributed by atoms with Gasteiger partial charge < -0.3 is 25.3 Å². The summed E-state index contributed by atoms with van der Waals surface area (Å²) in [6, 6.07) is 6.06. The van der Waals surface area contributed by atoms with Gasteiger partial charge in [-0.1, -0.05) is 12.1 Å². The molecular formula is C20H30FN3O3. The lowest BCUT2D eigenvalue weighted by Gasteiger charge is -2.40. The predicted molar refractivity (Wildman–Crippen MR) is 101 cm³/mol. The zero-order valence-electron chi connectivity index (χ0n) is 16.0. The predicted octanol–water partition coefficient (Wildman–Crippen LogP) is 0.725. The number of hydrogen-bond donors (Lipinski definition) is 3. The van der Waals surface area contributed by atoms with Crippen LogP contribution in [0.2, 0.25) is 0 Å². The van der Waals surface area contributed by atoms with Gasteiger partial charge in [0, 0.05) is 39.3 Å². The van der Waals surface area contributed by atoms with Gasteiger partial charge in [0.15, 0.2) is 5.60 Å². The Labute approximate surface area is 160 Å². The third-order valence-electron chi connectivity index (χ3n) is 5.78. The van der Waals surface area contributed by atoms with E-state index >= 15 is 0 Å². The monoisotopic (exact) mass is 379 g/mol. The summed E-state index contributed by atoms with van der Waals surface area (Å²) in [5, 5.41) is 24.7. The minimum Gasteiger partial charge on any atom is -0.388 e. The highest BCUT2D eigenvalue weighted by molar-refractivity contribution is 5.86. The van der Waals surface area contributed by atoms with E-state index in [0.717, 1.165) is 18.7 Å². The fourth-order valence-corrected chi connectivity index (χ4v) is 3.90. The molecule has 0 saturated carbocycles. The number of amides is 1. The van der Waals surface area contributed by atoms with Crippen molar-refractivity contribution in [3.8, 4) is 0 Å². The van der Waals surface area contributed by atoms with E-state index in [4.69, 9.17) is 0 Å². The smallest absolute Gasteiger partial charge is 0.256 e. The van der Waals surface area contributed by atoms with E-state index in [1.807, 2.05) is 7.05 Å². The van der Waals surface area contributed by atoms with Gasteiger partial charge in [-0.2, -0.15) is 0 Å². The van der Waals surface area contributed by atoms with Crippen molar-refractivity contribution in [2.75, 3.05) is 39.8 Å². The molecule has 1 aromatic rings. The van der Waals surface area contributed by atoms with E-state index in [1.165, 1.54) is 12.1 Å². The van der Waals surface area contributed by atoms with Gasteiger partial charge in [0.2, 0.25) is 0 Å². The molecule has 2 fully saturated rings. The van der Waals surface area contributed by atoms with E-state index in [1.54, 1.807) is 17.0 Å². The molecule has 0 radical (unpaired) electrons. The lowest BCUT2D eigenvalue weighted by Crippen LogP contribution is -2.59. The molecule has 27 heavy (non-hydrogen) atoms. The van der Waals surface area contributed by atoms with Crippen LogP contribution < -0.4 is 5.32 Å². The molecule has 0 spiro atoms. The lowest BCUT2D eigenvalue weighted by molar-refractivity contribution is -0.157. The van der Waals surface area contributed by atoms with Gasteiger partial charge in [0.25, 0.3) is 5.91 Å². The molecule has 150 valence electrons. The number of likely N-dealkylation sites (tertiary alicyclic amines) is 2. The number of aliphatic hydroxyl groups is 2. The molecule has 1 aromatic carbocycles. The second-order valence-electron chi connectivity index (χ2n) is 8.12. The van der Waals surface area contributed by atoms with Crippen LogP contribution >= 0.6 is 0 Å². The van der Waals surface area contributed by atoms with E-state index in [9.17, 15) is 19.4 Å². The summed E-state index contributed by atoms with van der Waals surface area (Å²) in [4.78, 5) is 16.6. The molecule has 2 saturated heterocycles. The molecule has 2 aliphatic heterocycles. The molecule has 2 aliphatic rings. The summed E-state index contributed by atoms with van der Waals surface area (Å²) in [7, 11) is 2.03. The molecule has 3 rings (SSSR count). The molecule has 0 bridgehead atoms. The van der Waals surface area contributed by atoms with Crippen LogP contribution in [0.3, 0.4) is 0 Å². The van der Waals surface area contributed by atoms with Crippen molar-refractivity contribution in [1.29, 1.82) is 0 Å². The van der Waals surface area contributed by atoms with Crippen LogP contribution in [0, 0.1) is 5.82 Å². The molecule has 0 aromatic heterocycles. The summed E-state index contributed by atoms with van der Waals surface area (Å²) in [6.07, 6.45) is 2.47. The van der Waals surface area contributed by atoms with Gasteiger partial charge in [-0.05, 0) is 50.4 Å². The lowest BCUT2D eigenvalue weighted by atomic mass is 9.89. The number of nitrogens with one attached hydrogen (secondary N) is 1. The third kappa shape index (κ3) is 5.04. The highest BCUT2D eigenvalue weighted by Crippen LogP contribution is 2.25. The van der Waals surface area contributed by atoms with Crippen LogP contribution in [0.1, 0.15) is 31.2 Å². The summed E-state index contributed by atoms with van der Waals surface area (Å²) in [5.74, 6) is -0.614. The largest absolute Gasteiger partial charge is 0.388 e. The van der Waals surface area contributed by atoms with Gasteiger partial charge >= 0.3 is 0 Å². The van der Waals surface area contributed by atoms with E-state index in [-0.39, 0.29) is 18.3 Å². The van der Waals surface area contributed by atoms with Gasteiger partial charge in [-0.3, -0.25) is 4.79 Å². The van der Waals surface area contributed by atoms with E-state index in [0.29, 0.717) is 45.3 Å². The highest BCUT2D eigenvalue weighted by atomic mass is 19.1. The first-order valence-electron chi connectivity index (χ1n) is 9.68. The molecule has 1 atom stereocenters. The molecule has 1 unspecified atom stereocenters. The minimum atomic E-state index is -1.46. The Kier molecular flexibility index (Phi) is 6.15. The number of piperidine rings is 2. The Bertz CT molecular complexity index is 646. The number of hydrogen-bond acceptors (Lipinski definition) is 5. The minimum absolute atomic E-state index is 0.129.